The van der Waals surface area contributed by atoms with Gasteiger partial charge in [0.05, 0.1) is 23.5 Å². The molecule has 29 heavy (non-hydrogen) atoms. The summed E-state index contributed by atoms with van der Waals surface area (Å²) in [6, 6.07) is 9.83. The van der Waals surface area contributed by atoms with E-state index in [0.717, 1.165) is 22.9 Å². The summed E-state index contributed by atoms with van der Waals surface area (Å²) >= 11 is 6.43. The Labute approximate surface area is 169 Å². The first-order valence-corrected chi connectivity index (χ1v) is 9.44. The second kappa shape index (κ2) is 7.52. The lowest BCUT2D eigenvalue weighted by Gasteiger charge is -2.34. The molecular formula is C19H16ClF3N6. The molecule has 6 nitrogen and oxygen atoms in total. The van der Waals surface area contributed by atoms with Crippen LogP contribution in [0, 0.1) is 11.3 Å². The van der Waals surface area contributed by atoms with E-state index in [9.17, 15) is 18.4 Å². The van der Waals surface area contributed by atoms with Crippen molar-refractivity contribution in [1.82, 2.24) is 19.8 Å². The summed E-state index contributed by atoms with van der Waals surface area (Å²) in [5.41, 5.74) is 2.47. The van der Waals surface area contributed by atoms with Crippen molar-refractivity contribution in [3.05, 3.63) is 52.4 Å². The van der Waals surface area contributed by atoms with Crippen molar-refractivity contribution in [3.63, 3.8) is 0 Å². The highest BCUT2D eigenvalue weighted by molar-refractivity contribution is 6.36. The third-order valence-electron chi connectivity index (χ3n) is 5.14. The van der Waals surface area contributed by atoms with Gasteiger partial charge in [0.1, 0.15) is 11.4 Å². The van der Waals surface area contributed by atoms with Gasteiger partial charge in [0.25, 0.3) is 0 Å². The van der Waals surface area contributed by atoms with Crippen LogP contribution in [0.1, 0.15) is 35.7 Å². The number of piperidine rings is 1. The zero-order valence-corrected chi connectivity index (χ0v) is 16.0. The Bertz CT molecular complexity index is 1080. The highest BCUT2D eigenvalue weighted by Gasteiger charge is 2.32. The number of alkyl halides is 3. The Morgan fingerprint density at radius 2 is 1.90 bits per heavy atom. The predicted molar refractivity (Wildman–Crippen MR) is 101 cm³/mol. The van der Waals surface area contributed by atoms with E-state index in [4.69, 9.17) is 11.6 Å². The SMILES string of the molecule is N#Cc1ccccc1C1CCN(c2cnn3c(CC(F)(F)F)nnc3c2Cl)CC1. The van der Waals surface area contributed by atoms with E-state index >= 15 is 0 Å². The molecule has 1 fully saturated rings. The first-order valence-electron chi connectivity index (χ1n) is 9.07. The van der Waals surface area contributed by atoms with Crippen LogP contribution in [0.2, 0.25) is 5.02 Å². The lowest BCUT2D eigenvalue weighted by atomic mass is 9.86. The van der Waals surface area contributed by atoms with Gasteiger partial charge in [0.2, 0.25) is 0 Å². The first-order chi connectivity index (χ1) is 13.9. The smallest absolute Gasteiger partial charge is 0.369 e. The summed E-state index contributed by atoms with van der Waals surface area (Å²) in [5.74, 6) is -0.0307. The molecule has 0 bridgehead atoms. The Morgan fingerprint density at radius 3 is 2.59 bits per heavy atom. The molecule has 0 N–H and O–H groups in total. The second-order valence-electron chi connectivity index (χ2n) is 6.95. The van der Waals surface area contributed by atoms with E-state index < -0.39 is 12.6 Å². The third-order valence-corrected chi connectivity index (χ3v) is 5.50. The molecule has 0 unspecified atom stereocenters. The Kier molecular flexibility index (Phi) is 5.04. The average molecular weight is 421 g/mol. The van der Waals surface area contributed by atoms with Gasteiger partial charge in [-0.25, -0.2) is 0 Å². The normalized spacial score (nSPS) is 15.6. The van der Waals surface area contributed by atoms with Gasteiger partial charge in [-0.05, 0) is 30.4 Å². The standard InChI is InChI=1S/C19H16ClF3N6/c20-17-15(11-25-29-16(9-19(21,22)23)26-27-18(17)29)28-7-5-12(6-8-28)14-4-2-1-3-13(14)10-24/h1-4,11-12H,5-9H2. The molecule has 10 heteroatoms. The highest BCUT2D eigenvalue weighted by Crippen LogP contribution is 2.35. The molecule has 0 atom stereocenters. The van der Waals surface area contributed by atoms with Gasteiger partial charge in [-0.2, -0.15) is 28.0 Å². The van der Waals surface area contributed by atoms with Crippen LogP contribution in [0.3, 0.4) is 0 Å². The lowest BCUT2D eigenvalue weighted by molar-refractivity contribution is -0.128. The van der Waals surface area contributed by atoms with Crippen LogP contribution in [-0.4, -0.2) is 39.1 Å². The van der Waals surface area contributed by atoms with Crippen LogP contribution in [0.5, 0.6) is 0 Å². The largest absolute Gasteiger partial charge is 0.396 e. The number of fused-ring (bicyclic) bond motifs is 1. The average Bonchev–Trinajstić information content (AvgIpc) is 3.10. The van der Waals surface area contributed by atoms with Gasteiger partial charge in [-0.15, -0.1) is 10.2 Å². The minimum Gasteiger partial charge on any atom is -0.369 e. The maximum Gasteiger partial charge on any atom is 0.396 e. The predicted octanol–water partition coefficient (Wildman–Crippen LogP) is 4.14. The number of benzene rings is 1. The molecular weight excluding hydrogens is 405 g/mol. The molecule has 0 spiro atoms. The maximum atomic E-state index is 12.7. The number of nitriles is 1. The summed E-state index contributed by atoms with van der Waals surface area (Å²) in [7, 11) is 0. The summed E-state index contributed by atoms with van der Waals surface area (Å²) in [6.45, 7) is 1.37. The van der Waals surface area contributed by atoms with E-state index in [1.54, 1.807) is 0 Å². The zero-order chi connectivity index (χ0) is 20.6. The Hall–Kier alpha value is -2.86. The van der Waals surface area contributed by atoms with Gasteiger partial charge in [-0.1, -0.05) is 29.8 Å². The molecule has 3 heterocycles. The molecule has 0 saturated carbocycles. The summed E-state index contributed by atoms with van der Waals surface area (Å²) in [4.78, 5) is 2.04. The lowest BCUT2D eigenvalue weighted by Crippen LogP contribution is -2.33. The Balaban J connectivity index is 1.54. The first kappa shape index (κ1) is 19.5. The fourth-order valence-electron chi connectivity index (χ4n) is 3.75. The van der Waals surface area contributed by atoms with Gasteiger partial charge < -0.3 is 4.90 Å². The molecule has 1 aliphatic heterocycles. The van der Waals surface area contributed by atoms with E-state index in [0.29, 0.717) is 24.3 Å². The van der Waals surface area contributed by atoms with E-state index in [1.807, 2.05) is 29.2 Å². The highest BCUT2D eigenvalue weighted by atomic mass is 35.5. The van der Waals surface area contributed by atoms with Gasteiger partial charge >= 0.3 is 6.18 Å². The number of nitrogens with zero attached hydrogens (tertiary/aromatic N) is 6. The molecule has 4 rings (SSSR count). The van der Waals surface area contributed by atoms with Crippen molar-refractivity contribution >= 4 is 22.9 Å². The van der Waals surface area contributed by atoms with Crippen LogP contribution in [0.25, 0.3) is 5.65 Å². The number of rotatable bonds is 3. The van der Waals surface area contributed by atoms with Crippen LogP contribution < -0.4 is 4.90 Å². The summed E-state index contributed by atoms with van der Waals surface area (Å²) < 4.78 is 39.1. The maximum absolute atomic E-state index is 12.7. The minimum atomic E-state index is -4.41. The van der Waals surface area contributed by atoms with Crippen LogP contribution >= 0.6 is 11.6 Å². The van der Waals surface area contributed by atoms with Crippen molar-refractivity contribution in [1.29, 1.82) is 5.26 Å². The van der Waals surface area contributed by atoms with Gasteiger partial charge in [0, 0.05) is 13.1 Å². The van der Waals surface area contributed by atoms with Crippen molar-refractivity contribution in [2.75, 3.05) is 18.0 Å². The molecule has 0 aliphatic carbocycles. The second-order valence-corrected chi connectivity index (χ2v) is 7.33. The fourth-order valence-corrected chi connectivity index (χ4v) is 4.04. The third kappa shape index (κ3) is 3.85. The number of aromatic nitrogens is 4. The van der Waals surface area contributed by atoms with E-state index in [-0.39, 0.29) is 22.4 Å². The number of hydrogen-bond donors (Lipinski definition) is 0. The van der Waals surface area contributed by atoms with Crippen molar-refractivity contribution in [3.8, 4) is 6.07 Å². The molecule has 3 aromatic rings. The quantitative estimate of drug-likeness (QED) is 0.637. The zero-order valence-electron chi connectivity index (χ0n) is 15.2. The fraction of sp³-hybridized carbons (Fsp3) is 0.368. The van der Waals surface area contributed by atoms with Crippen LogP contribution in [0.4, 0.5) is 18.9 Å². The molecule has 2 aromatic heterocycles. The topological polar surface area (TPSA) is 70.1 Å². The van der Waals surface area contributed by atoms with Gasteiger partial charge in [0.15, 0.2) is 11.5 Å². The van der Waals surface area contributed by atoms with E-state index in [2.05, 4.69) is 21.4 Å². The van der Waals surface area contributed by atoms with Crippen molar-refractivity contribution in [2.24, 2.45) is 0 Å². The molecule has 150 valence electrons. The molecule has 1 saturated heterocycles. The van der Waals surface area contributed by atoms with Gasteiger partial charge in [-0.3, -0.25) is 0 Å². The number of halogens is 4. The monoisotopic (exact) mass is 420 g/mol. The number of hydrogen-bond acceptors (Lipinski definition) is 5. The van der Waals surface area contributed by atoms with Crippen molar-refractivity contribution < 1.29 is 13.2 Å². The molecule has 1 aliphatic rings. The summed E-state index contributed by atoms with van der Waals surface area (Å²) in [6.07, 6.45) is -2.52. The molecule has 1 aromatic carbocycles. The van der Waals surface area contributed by atoms with Crippen molar-refractivity contribution in [2.45, 2.75) is 31.4 Å². The van der Waals surface area contributed by atoms with Crippen LogP contribution in [-0.2, 0) is 6.42 Å². The Morgan fingerprint density at radius 1 is 1.17 bits per heavy atom. The molecule has 0 radical (unpaired) electrons. The minimum absolute atomic E-state index is 0.111. The molecule has 0 amide bonds. The number of anilines is 1. The summed E-state index contributed by atoms with van der Waals surface area (Å²) in [5, 5.41) is 21.0. The van der Waals surface area contributed by atoms with Crippen LogP contribution in [0.15, 0.2) is 30.5 Å². The van der Waals surface area contributed by atoms with E-state index in [1.165, 1.54) is 6.20 Å².